The van der Waals surface area contributed by atoms with Gasteiger partial charge in [0.05, 0.1) is 29.8 Å². The largest absolute Gasteiger partial charge is 0.319 e. The number of halogens is 2. The Labute approximate surface area is 167 Å². The van der Waals surface area contributed by atoms with Crippen LogP contribution >= 0.6 is 23.2 Å². The van der Waals surface area contributed by atoms with Gasteiger partial charge in [0.1, 0.15) is 0 Å². The van der Waals surface area contributed by atoms with Crippen molar-refractivity contribution in [1.82, 2.24) is 19.6 Å². The van der Waals surface area contributed by atoms with Crippen molar-refractivity contribution in [1.29, 1.82) is 0 Å². The first kappa shape index (κ1) is 19.2. The molecule has 3 rings (SSSR count). The number of rotatable bonds is 5. The van der Waals surface area contributed by atoms with Crippen molar-refractivity contribution < 1.29 is 4.79 Å². The zero-order valence-corrected chi connectivity index (χ0v) is 16.7. The molecule has 0 radical (unpaired) electrons. The molecule has 3 aromatic rings. The average molecular weight is 404 g/mol. The van der Waals surface area contributed by atoms with Gasteiger partial charge < -0.3 is 5.32 Å². The lowest BCUT2D eigenvalue weighted by molar-refractivity contribution is -0.111. The van der Waals surface area contributed by atoms with E-state index in [9.17, 15) is 4.79 Å². The molecular weight excluding hydrogens is 385 g/mol. The van der Waals surface area contributed by atoms with Crippen LogP contribution in [0.25, 0.3) is 6.08 Å². The summed E-state index contributed by atoms with van der Waals surface area (Å²) in [6.07, 6.45) is 6.69. The molecule has 1 amide bonds. The Hall–Kier alpha value is -2.57. The molecule has 0 aliphatic rings. The van der Waals surface area contributed by atoms with Crippen molar-refractivity contribution in [2.24, 2.45) is 7.05 Å². The van der Waals surface area contributed by atoms with Crippen LogP contribution in [0, 0.1) is 13.8 Å². The fourth-order valence-electron chi connectivity index (χ4n) is 2.73. The van der Waals surface area contributed by atoms with Crippen molar-refractivity contribution in [3.05, 3.63) is 69.2 Å². The molecule has 0 aliphatic carbocycles. The Bertz CT molecular complexity index is 999. The molecule has 0 saturated carbocycles. The van der Waals surface area contributed by atoms with Gasteiger partial charge in [0, 0.05) is 40.5 Å². The number of benzene rings is 1. The standard InChI is InChI=1S/C19H19Cl2N5O/c1-12-19(23-18(27)8-7-14-9-22-25(3)10-14)13(2)26(24-12)11-15-16(20)5-4-6-17(15)21/h4-10H,11H2,1-3H3,(H,23,27). The van der Waals surface area contributed by atoms with Gasteiger partial charge in [0.2, 0.25) is 5.91 Å². The highest BCUT2D eigenvalue weighted by Gasteiger charge is 2.15. The minimum Gasteiger partial charge on any atom is -0.319 e. The van der Waals surface area contributed by atoms with E-state index in [1.54, 1.807) is 39.8 Å². The van der Waals surface area contributed by atoms with Crippen LogP contribution < -0.4 is 5.32 Å². The number of aromatic nitrogens is 4. The van der Waals surface area contributed by atoms with E-state index in [0.29, 0.717) is 22.3 Å². The highest BCUT2D eigenvalue weighted by Crippen LogP contribution is 2.27. The van der Waals surface area contributed by atoms with E-state index in [0.717, 1.165) is 22.5 Å². The molecule has 0 atom stereocenters. The highest BCUT2D eigenvalue weighted by molar-refractivity contribution is 6.35. The molecule has 140 valence electrons. The van der Waals surface area contributed by atoms with Crippen molar-refractivity contribution in [3.63, 3.8) is 0 Å². The lowest BCUT2D eigenvalue weighted by Gasteiger charge is -2.09. The van der Waals surface area contributed by atoms with Crippen LogP contribution in [0.3, 0.4) is 0 Å². The van der Waals surface area contributed by atoms with Crippen LogP contribution in [0.5, 0.6) is 0 Å². The molecule has 0 spiro atoms. The summed E-state index contributed by atoms with van der Waals surface area (Å²) in [6.45, 7) is 4.16. The lowest BCUT2D eigenvalue weighted by atomic mass is 10.2. The minimum absolute atomic E-state index is 0.236. The van der Waals surface area contributed by atoms with E-state index < -0.39 is 0 Å². The quantitative estimate of drug-likeness (QED) is 0.647. The molecule has 6 nitrogen and oxygen atoms in total. The van der Waals surface area contributed by atoms with Crippen LogP contribution in [-0.4, -0.2) is 25.5 Å². The van der Waals surface area contributed by atoms with E-state index in [-0.39, 0.29) is 5.91 Å². The van der Waals surface area contributed by atoms with E-state index in [2.05, 4.69) is 15.5 Å². The molecular formula is C19H19Cl2N5O. The fourth-order valence-corrected chi connectivity index (χ4v) is 3.24. The van der Waals surface area contributed by atoms with Crippen molar-refractivity contribution in [2.45, 2.75) is 20.4 Å². The van der Waals surface area contributed by atoms with Crippen LogP contribution in [0.2, 0.25) is 10.0 Å². The zero-order valence-electron chi connectivity index (χ0n) is 15.2. The topological polar surface area (TPSA) is 64.7 Å². The van der Waals surface area contributed by atoms with Gasteiger partial charge in [-0.2, -0.15) is 10.2 Å². The monoisotopic (exact) mass is 403 g/mol. The number of amides is 1. The molecule has 1 aromatic carbocycles. The number of aryl methyl sites for hydroxylation is 2. The zero-order chi connectivity index (χ0) is 19.6. The Balaban J connectivity index is 1.77. The second-order valence-corrected chi connectivity index (χ2v) is 6.99. The summed E-state index contributed by atoms with van der Waals surface area (Å²) >= 11 is 12.5. The van der Waals surface area contributed by atoms with E-state index in [1.165, 1.54) is 6.08 Å². The first-order valence-electron chi connectivity index (χ1n) is 8.29. The molecule has 27 heavy (non-hydrogen) atoms. The molecule has 2 heterocycles. The van der Waals surface area contributed by atoms with Crippen LogP contribution in [0.15, 0.2) is 36.7 Å². The summed E-state index contributed by atoms with van der Waals surface area (Å²) in [7, 11) is 1.82. The van der Waals surface area contributed by atoms with E-state index >= 15 is 0 Å². The Kier molecular flexibility index (Phi) is 5.68. The molecule has 0 fully saturated rings. The van der Waals surface area contributed by atoms with Crippen LogP contribution in [-0.2, 0) is 18.4 Å². The lowest BCUT2D eigenvalue weighted by Crippen LogP contribution is -2.10. The van der Waals surface area contributed by atoms with Gasteiger partial charge in [-0.25, -0.2) is 0 Å². The molecule has 0 saturated heterocycles. The fraction of sp³-hybridized carbons (Fsp3) is 0.211. The van der Waals surface area contributed by atoms with Gasteiger partial charge in [-0.1, -0.05) is 29.3 Å². The predicted molar refractivity (Wildman–Crippen MR) is 108 cm³/mol. The number of nitrogens with one attached hydrogen (secondary N) is 1. The number of nitrogens with zero attached hydrogens (tertiary/aromatic N) is 4. The highest BCUT2D eigenvalue weighted by atomic mass is 35.5. The van der Waals surface area contributed by atoms with E-state index in [4.69, 9.17) is 23.2 Å². The van der Waals surface area contributed by atoms with E-state index in [1.807, 2.05) is 27.1 Å². The summed E-state index contributed by atoms with van der Waals surface area (Å²) in [5.41, 5.74) is 3.87. The molecule has 2 aromatic heterocycles. The molecule has 0 aliphatic heterocycles. The van der Waals surface area contributed by atoms with Gasteiger partial charge in [0.15, 0.2) is 0 Å². The maximum atomic E-state index is 12.3. The third kappa shape index (κ3) is 4.40. The maximum absolute atomic E-state index is 12.3. The molecule has 1 N–H and O–H groups in total. The number of carbonyl (C=O) groups excluding carboxylic acids is 1. The van der Waals surface area contributed by atoms with Crippen molar-refractivity contribution in [3.8, 4) is 0 Å². The molecule has 0 bridgehead atoms. The third-order valence-corrected chi connectivity index (χ3v) is 4.86. The summed E-state index contributed by atoms with van der Waals surface area (Å²) in [6, 6.07) is 5.39. The average Bonchev–Trinajstić information content (AvgIpc) is 3.14. The summed E-state index contributed by atoms with van der Waals surface area (Å²) in [5.74, 6) is -0.236. The van der Waals surface area contributed by atoms with Crippen LogP contribution in [0.4, 0.5) is 5.69 Å². The number of anilines is 1. The minimum atomic E-state index is -0.236. The number of hydrogen-bond acceptors (Lipinski definition) is 3. The van der Waals surface area contributed by atoms with Crippen LogP contribution in [0.1, 0.15) is 22.5 Å². The van der Waals surface area contributed by atoms with Gasteiger partial charge in [-0.05, 0) is 32.1 Å². The molecule has 8 heteroatoms. The maximum Gasteiger partial charge on any atom is 0.248 e. The van der Waals surface area contributed by atoms with Gasteiger partial charge >= 0.3 is 0 Å². The first-order chi connectivity index (χ1) is 12.8. The molecule has 0 unspecified atom stereocenters. The smallest absolute Gasteiger partial charge is 0.248 e. The SMILES string of the molecule is Cc1nn(Cc2c(Cl)cccc2Cl)c(C)c1NC(=O)C=Cc1cnn(C)c1. The number of hydrogen-bond donors (Lipinski definition) is 1. The second-order valence-electron chi connectivity index (χ2n) is 6.17. The summed E-state index contributed by atoms with van der Waals surface area (Å²) in [4.78, 5) is 12.3. The first-order valence-corrected chi connectivity index (χ1v) is 9.05. The normalized spacial score (nSPS) is 11.3. The Morgan fingerprint density at radius 3 is 2.59 bits per heavy atom. The van der Waals surface area contributed by atoms with Gasteiger partial charge in [-0.3, -0.25) is 14.2 Å². The van der Waals surface area contributed by atoms with Crippen molar-refractivity contribution in [2.75, 3.05) is 5.32 Å². The van der Waals surface area contributed by atoms with Gasteiger partial charge in [0.25, 0.3) is 0 Å². The summed E-state index contributed by atoms with van der Waals surface area (Å²) in [5, 5.41) is 12.6. The van der Waals surface area contributed by atoms with Gasteiger partial charge in [-0.15, -0.1) is 0 Å². The summed E-state index contributed by atoms with van der Waals surface area (Å²) < 4.78 is 3.46. The number of carbonyl (C=O) groups is 1. The second kappa shape index (κ2) is 7.98. The predicted octanol–water partition coefficient (Wildman–Crippen LogP) is 4.24. The Morgan fingerprint density at radius 1 is 1.26 bits per heavy atom. The Morgan fingerprint density at radius 2 is 1.96 bits per heavy atom. The van der Waals surface area contributed by atoms with Crippen molar-refractivity contribution >= 4 is 40.9 Å². The third-order valence-electron chi connectivity index (χ3n) is 4.15.